The Labute approximate surface area is 132 Å². The van der Waals surface area contributed by atoms with Crippen molar-refractivity contribution in [1.29, 1.82) is 10.5 Å². The second-order valence-corrected chi connectivity index (χ2v) is 4.62. The van der Waals surface area contributed by atoms with Gasteiger partial charge < -0.3 is 15.6 Å². The average Bonchev–Trinajstić information content (AvgIpc) is 2.58. The molecule has 1 heterocycles. The van der Waals surface area contributed by atoms with E-state index in [9.17, 15) is 20.4 Å². The first kappa shape index (κ1) is 16.1. The molecule has 1 aromatic heterocycles. The lowest BCUT2D eigenvalue weighted by Crippen LogP contribution is -2.27. The van der Waals surface area contributed by atoms with Gasteiger partial charge in [-0.2, -0.15) is 10.5 Å². The minimum absolute atomic E-state index is 0.000229. The Morgan fingerprint density at radius 1 is 1.26 bits per heavy atom. The molecular formula is C16H14N4O3. The van der Waals surface area contributed by atoms with Crippen LogP contribution in [0, 0.1) is 22.7 Å². The topological polar surface area (TPSA) is 125 Å². The normalized spacial score (nSPS) is 9.91. The number of hydrogen-bond acceptors (Lipinski definition) is 6. The van der Waals surface area contributed by atoms with Gasteiger partial charge in [-0.15, -0.1) is 0 Å². The predicted octanol–water partition coefficient (Wildman–Crippen LogP) is 0.932. The van der Waals surface area contributed by atoms with Gasteiger partial charge in [-0.3, -0.25) is 9.36 Å². The zero-order chi connectivity index (χ0) is 17.0. The zero-order valence-corrected chi connectivity index (χ0v) is 12.4. The number of nitriles is 2. The Hall–Kier alpha value is -3.29. The SMILES string of the molecule is COc1ccccc1-c1c(C#N)c(O)n(CCN)c(=O)c1C#N. The Morgan fingerprint density at radius 3 is 2.48 bits per heavy atom. The number of rotatable bonds is 4. The van der Waals surface area contributed by atoms with E-state index in [0.29, 0.717) is 11.3 Å². The van der Waals surface area contributed by atoms with Crippen LogP contribution < -0.4 is 16.0 Å². The van der Waals surface area contributed by atoms with Crippen LogP contribution in [0.4, 0.5) is 0 Å². The van der Waals surface area contributed by atoms with Crippen molar-refractivity contribution in [2.45, 2.75) is 6.54 Å². The summed E-state index contributed by atoms with van der Waals surface area (Å²) in [5, 5.41) is 29.1. The number of aromatic hydroxyl groups is 1. The molecule has 0 unspecified atom stereocenters. The van der Waals surface area contributed by atoms with Crippen LogP contribution in [0.1, 0.15) is 11.1 Å². The van der Waals surface area contributed by atoms with Crippen molar-refractivity contribution in [2.24, 2.45) is 5.73 Å². The smallest absolute Gasteiger partial charge is 0.272 e. The summed E-state index contributed by atoms with van der Waals surface area (Å²) in [6.07, 6.45) is 0. The maximum atomic E-state index is 12.4. The Bertz CT molecular complexity index is 888. The monoisotopic (exact) mass is 310 g/mol. The van der Waals surface area contributed by atoms with Gasteiger partial charge in [0.05, 0.1) is 7.11 Å². The van der Waals surface area contributed by atoms with E-state index in [1.54, 1.807) is 24.3 Å². The highest BCUT2D eigenvalue weighted by Crippen LogP contribution is 2.36. The second-order valence-electron chi connectivity index (χ2n) is 4.62. The van der Waals surface area contributed by atoms with Gasteiger partial charge in [-0.05, 0) is 6.07 Å². The Kier molecular flexibility index (Phi) is 4.65. The van der Waals surface area contributed by atoms with E-state index in [1.807, 2.05) is 12.1 Å². The minimum atomic E-state index is -0.699. The third-order valence-corrected chi connectivity index (χ3v) is 3.39. The molecule has 1 aromatic carbocycles. The first-order chi connectivity index (χ1) is 11.1. The molecule has 23 heavy (non-hydrogen) atoms. The summed E-state index contributed by atoms with van der Waals surface area (Å²) in [4.78, 5) is 12.4. The van der Waals surface area contributed by atoms with Crippen LogP contribution in [0.2, 0.25) is 0 Å². The van der Waals surface area contributed by atoms with Crippen molar-refractivity contribution in [3.63, 3.8) is 0 Å². The molecule has 7 heteroatoms. The number of para-hydroxylation sites is 1. The molecule has 0 spiro atoms. The molecular weight excluding hydrogens is 296 g/mol. The van der Waals surface area contributed by atoms with E-state index in [1.165, 1.54) is 7.11 Å². The average molecular weight is 310 g/mol. The first-order valence-corrected chi connectivity index (χ1v) is 6.74. The second kappa shape index (κ2) is 6.65. The van der Waals surface area contributed by atoms with Crippen LogP contribution in [0.5, 0.6) is 11.6 Å². The van der Waals surface area contributed by atoms with Gasteiger partial charge >= 0.3 is 0 Å². The summed E-state index contributed by atoms with van der Waals surface area (Å²) in [5.74, 6) is -0.126. The molecule has 2 aromatic rings. The van der Waals surface area contributed by atoms with Crippen LogP contribution in [-0.2, 0) is 6.54 Å². The van der Waals surface area contributed by atoms with Gasteiger partial charge in [0, 0.05) is 24.2 Å². The number of hydrogen-bond donors (Lipinski definition) is 2. The van der Waals surface area contributed by atoms with Crippen molar-refractivity contribution in [2.75, 3.05) is 13.7 Å². The highest BCUT2D eigenvalue weighted by Gasteiger charge is 2.24. The number of pyridine rings is 1. The molecule has 0 aliphatic heterocycles. The summed E-state index contributed by atoms with van der Waals surface area (Å²) in [6.45, 7) is 0.0808. The lowest BCUT2D eigenvalue weighted by molar-refractivity contribution is 0.405. The van der Waals surface area contributed by atoms with E-state index in [2.05, 4.69) is 0 Å². The molecule has 0 saturated carbocycles. The molecule has 0 fully saturated rings. The highest BCUT2D eigenvalue weighted by atomic mass is 16.5. The molecule has 0 bridgehead atoms. The fourth-order valence-corrected chi connectivity index (χ4v) is 2.38. The van der Waals surface area contributed by atoms with Gasteiger partial charge in [0.15, 0.2) is 0 Å². The van der Waals surface area contributed by atoms with Crippen LogP contribution in [-0.4, -0.2) is 23.3 Å². The number of methoxy groups -OCH3 is 1. The molecule has 0 radical (unpaired) electrons. The summed E-state index contributed by atoms with van der Waals surface area (Å²) in [6, 6.07) is 10.3. The molecule has 0 aliphatic rings. The molecule has 0 aliphatic carbocycles. The van der Waals surface area contributed by atoms with Crippen molar-refractivity contribution in [3.8, 4) is 34.9 Å². The van der Waals surface area contributed by atoms with Gasteiger partial charge in [0.1, 0.15) is 29.0 Å². The summed E-state index contributed by atoms with van der Waals surface area (Å²) >= 11 is 0. The van der Waals surface area contributed by atoms with Crippen LogP contribution in [0.25, 0.3) is 11.1 Å². The number of benzene rings is 1. The number of nitrogens with zero attached hydrogens (tertiary/aromatic N) is 3. The molecule has 0 saturated heterocycles. The third kappa shape index (κ3) is 2.61. The number of aromatic nitrogens is 1. The lowest BCUT2D eigenvalue weighted by atomic mass is 9.96. The van der Waals surface area contributed by atoms with E-state index < -0.39 is 11.4 Å². The van der Waals surface area contributed by atoms with Crippen LogP contribution in [0.3, 0.4) is 0 Å². The molecule has 116 valence electrons. The fourth-order valence-electron chi connectivity index (χ4n) is 2.38. The standard InChI is InChI=1S/C16H14N4O3/c1-23-13-5-3-2-4-10(13)14-11(8-18)15(21)20(7-6-17)16(22)12(14)9-19/h2-5,21H,6-7,17H2,1H3. The third-order valence-electron chi connectivity index (χ3n) is 3.39. The van der Waals surface area contributed by atoms with E-state index in [4.69, 9.17) is 10.5 Å². The van der Waals surface area contributed by atoms with Crippen LogP contribution >= 0.6 is 0 Å². The van der Waals surface area contributed by atoms with Gasteiger partial charge in [0.2, 0.25) is 5.88 Å². The van der Waals surface area contributed by atoms with Crippen molar-refractivity contribution < 1.29 is 9.84 Å². The van der Waals surface area contributed by atoms with Gasteiger partial charge in [-0.1, -0.05) is 18.2 Å². The van der Waals surface area contributed by atoms with Crippen molar-refractivity contribution >= 4 is 0 Å². The highest BCUT2D eigenvalue weighted by molar-refractivity contribution is 5.81. The Balaban J connectivity index is 2.98. The molecule has 7 nitrogen and oxygen atoms in total. The quantitative estimate of drug-likeness (QED) is 0.865. The maximum Gasteiger partial charge on any atom is 0.272 e. The zero-order valence-electron chi connectivity index (χ0n) is 12.4. The molecule has 0 atom stereocenters. The lowest BCUT2D eigenvalue weighted by Gasteiger charge is -2.15. The maximum absolute atomic E-state index is 12.4. The largest absolute Gasteiger partial charge is 0.496 e. The van der Waals surface area contributed by atoms with Crippen LogP contribution in [0.15, 0.2) is 29.1 Å². The molecule has 2 rings (SSSR count). The summed E-state index contributed by atoms with van der Waals surface area (Å²) in [5.41, 5.74) is 4.76. The van der Waals surface area contributed by atoms with E-state index in [-0.39, 0.29) is 29.8 Å². The van der Waals surface area contributed by atoms with Gasteiger partial charge in [0.25, 0.3) is 5.56 Å². The first-order valence-electron chi connectivity index (χ1n) is 6.74. The van der Waals surface area contributed by atoms with E-state index >= 15 is 0 Å². The fraction of sp³-hybridized carbons (Fsp3) is 0.188. The summed E-state index contributed by atoms with van der Waals surface area (Å²) in [7, 11) is 1.44. The molecule has 0 amide bonds. The minimum Gasteiger partial charge on any atom is -0.496 e. The summed E-state index contributed by atoms with van der Waals surface area (Å²) < 4.78 is 6.15. The molecule has 3 N–H and O–H groups in total. The van der Waals surface area contributed by atoms with Gasteiger partial charge in [-0.25, -0.2) is 0 Å². The Morgan fingerprint density at radius 2 is 1.91 bits per heavy atom. The van der Waals surface area contributed by atoms with Crippen molar-refractivity contribution in [1.82, 2.24) is 4.57 Å². The van der Waals surface area contributed by atoms with Crippen molar-refractivity contribution in [3.05, 3.63) is 45.7 Å². The number of ether oxygens (including phenoxy) is 1. The predicted molar refractivity (Wildman–Crippen MR) is 82.8 cm³/mol. The number of nitrogens with two attached hydrogens (primary N) is 1. The van der Waals surface area contributed by atoms with E-state index in [0.717, 1.165) is 4.57 Å².